The van der Waals surface area contributed by atoms with Gasteiger partial charge >= 0.3 is 0 Å². The van der Waals surface area contributed by atoms with Crippen molar-refractivity contribution in [3.05, 3.63) is 33.3 Å². The fourth-order valence-electron chi connectivity index (χ4n) is 2.60. The third kappa shape index (κ3) is 2.53. The van der Waals surface area contributed by atoms with E-state index >= 15 is 0 Å². The van der Waals surface area contributed by atoms with Gasteiger partial charge in [-0.2, -0.15) is 0 Å². The third-order valence-corrected chi connectivity index (χ3v) is 5.75. The second-order valence-electron chi connectivity index (χ2n) is 4.90. The summed E-state index contributed by atoms with van der Waals surface area (Å²) in [6.07, 6.45) is 5.57. The molecule has 0 saturated heterocycles. The number of alkyl halides is 1. The minimum absolute atomic E-state index is 0.543. The van der Waals surface area contributed by atoms with Crippen molar-refractivity contribution in [3.8, 4) is 0 Å². The van der Waals surface area contributed by atoms with E-state index in [1.165, 1.54) is 46.8 Å². The summed E-state index contributed by atoms with van der Waals surface area (Å²) in [6.45, 7) is 4.38. The van der Waals surface area contributed by atoms with Crippen LogP contribution in [0.25, 0.3) is 0 Å². The van der Waals surface area contributed by atoms with Crippen LogP contribution in [0.1, 0.15) is 47.2 Å². The zero-order valence-corrected chi connectivity index (χ0v) is 13.1. The first-order chi connectivity index (χ1) is 7.59. The van der Waals surface area contributed by atoms with Crippen molar-refractivity contribution in [2.75, 3.05) is 0 Å². The molecule has 0 spiro atoms. The maximum Gasteiger partial charge on any atom is 0.0426 e. The van der Waals surface area contributed by atoms with Crippen molar-refractivity contribution in [1.29, 1.82) is 0 Å². The lowest BCUT2D eigenvalue weighted by Crippen LogP contribution is -2.05. The maximum atomic E-state index is 3.91. The highest BCUT2D eigenvalue weighted by Gasteiger charge is 2.25. The van der Waals surface area contributed by atoms with Gasteiger partial charge in [0.05, 0.1) is 0 Å². The molecule has 0 bridgehead atoms. The summed E-state index contributed by atoms with van der Waals surface area (Å²) in [5, 5.41) is 0. The number of aryl methyl sites for hydroxylation is 2. The molecule has 0 heterocycles. The van der Waals surface area contributed by atoms with E-state index < -0.39 is 0 Å². The highest BCUT2D eigenvalue weighted by Crippen LogP contribution is 2.43. The van der Waals surface area contributed by atoms with E-state index in [1.807, 2.05) is 0 Å². The third-order valence-electron chi connectivity index (χ3n) is 3.66. The summed E-state index contributed by atoms with van der Waals surface area (Å²) in [7, 11) is 0. The van der Waals surface area contributed by atoms with E-state index in [1.54, 1.807) is 0 Å². The van der Waals surface area contributed by atoms with Gasteiger partial charge in [-0.3, -0.25) is 0 Å². The number of hydrogen-bond donors (Lipinski definition) is 0. The molecule has 1 fully saturated rings. The predicted molar refractivity (Wildman–Crippen MR) is 77.2 cm³/mol. The minimum Gasteiger partial charge on any atom is -0.0836 e. The average molecular weight is 346 g/mol. The van der Waals surface area contributed by atoms with Gasteiger partial charge in [0.2, 0.25) is 0 Å². The van der Waals surface area contributed by atoms with E-state index in [0.29, 0.717) is 4.83 Å². The lowest BCUT2D eigenvalue weighted by atomic mass is 9.93. The Balaban J connectivity index is 2.28. The Labute approximate surface area is 115 Å². The fraction of sp³-hybridized carbons (Fsp3) is 0.571. The van der Waals surface area contributed by atoms with Crippen LogP contribution in [0.2, 0.25) is 0 Å². The number of rotatable bonds is 2. The number of hydrogen-bond acceptors (Lipinski definition) is 0. The van der Waals surface area contributed by atoms with Crippen LogP contribution in [-0.4, -0.2) is 0 Å². The molecule has 88 valence electrons. The quantitative estimate of drug-likeness (QED) is 0.604. The van der Waals surface area contributed by atoms with Crippen LogP contribution in [0.15, 0.2) is 16.6 Å². The molecule has 0 aliphatic heterocycles. The zero-order chi connectivity index (χ0) is 11.7. The number of halogens is 2. The first kappa shape index (κ1) is 12.6. The molecule has 2 rings (SSSR count). The first-order valence-corrected chi connectivity index (χ1v) is 7.71. The van der Waals surface area contributed by atoms with E-state index in [-0.39, 0.29) is 0 Å². The molecule has 1 saturated carbocycles. The van der Waals surface area contributed by atoms with E-state index in [4.69, 9.17) is 0 Å². The average Bonchev–Trinajstić information content (AvgIpc) is 2.75. The summed E-state index contributed by atoms with van der Waals surface area (Å²) in [4.78, 5) is 0.543. The zero-order valence-electron chi connectivity index (χ0n) is 9.89. The van der Waals surface area contributed by atoms with Crippen LogP contribution < -0.4 is 0 Å². The minimum atomic E-state index is 0.543. The highest BCUT2D eigenvalue weighted by atomic mass is 79.9. The lowest BCUT2D eigenvalue weighted by Gasteiger charge is -2.20. The Morgan fingerprint density at radius 1 is 1.12 bits per heavy atom. The van der Waals surface area contributed by atoms with Crippen LogP contribution in [0, 0.1) is 19.8 Å². The molecule has 0 radical (unpaired) electrons. The molecule has 0 N–H and O–H groups in total. The monoisotopic (exact) mass is 344 g/mol. The highest BCUT2D eigenvalue weighted by molar-refractivity contribution is 9.10. The van der Waals surface area contributed by atoms with Crippen molar-refractivity contribution >= 4 is 31.9 Å². The van der Waals surface area contributed by atoms with Crippen LogP contribution in [0.4, 0.5) is 0 Å². The summed E-state index contributed by atoms with van der Waals surface area (Å²) >= 11 is 7.50. The maximum absolute atomic E-state index is 3.91. The molecule has 1 aliphatic rings. The van der Waals surface area contributed by atoms with Gasteiger partial charge < -0.3 is 0 Å². The number of benzene rings is 1. The predicted octanol–water partition coefficient (Wildman–Crippen LogP) is 5.69. The molecule has 1 aromatic rings. The van der Waals surface area contributed by atoms with Crippen molar-refractivity contribution in [3.63, 3.8) is 0 Å². The van der Waals surface area contributed by atoms with E-state index in [2.05, 4.69) is 57.8 Å². The molecule has 0 nitrogen and oxygen atoms in total. The van der Waals surface area contributed by atoms with Crippen LogP contribution in [0.3, 0.4) is 0 Å². The van der Waals surface area contributed by atoms with Gasteiger partial charge in [0.1, 0.15) is 0 Å². The topological polar surface area (TPSA) is 0 Å². The summed E-state index contributed by atoms with van der Waals surface area (Å²) in [6, 6.07) is 4.57. The first-order valence-electron chi connectivity index (χ1n) is 6.00. The summed E-state index contributed by atoms with van der Waals surface area (Å²) in [5.41, 5.74) is 4.21. The fourth-order valence-corrected chi connectivity index (χ4v) is 4.08. The smallest absolute Gasteiger partial charge is 0.0426 e. The van der Waals surface area contributed by atoms with E-state index in [9.17, 15) is 0 Å². The summed E-state index contributed by atoms with van der Waals surface area (Å²) < 4.78 is 1.22. The Morgan fingerprint density at radius 3 is 2.38 bits per heavy atom. The Morgan fingerprint density at radius 2 is 1.75 bits per heavy atom. The Hall–Kier alpha value is 0.180. The van der Waals surface area contributed by atoms with Crippen molar-refractivity contribution < 1.29 is 0 Å². The van der Waals surface area contributed by atoms with Crippen LogP contribution >= 0.6 is 31.9 Å². The molecule has 0 aromatic heterocycles. The van der Waals surface area contributed by atoms with Gasteiger partial charge in [-0.05, 0) is 55.4 Å². The second kappa shape index (κ2) is 5.22. The Kier molecular flexibility index (Phi) is 4.12. The summed E-state index contributed by atoms with van der Waals surface area (Å²) in [5.74, 6) is 0.833. The van der Waals surface area contributed by atoms with Crippen LogP contribution in [0.5, 0.6) is 0 Å². The van der Waals surface area contributed by atoms with Crippen molar-refractivity contribution in [1.82, 2.24) is 0 Å². The van der Waals surface area contributed by atoms with Gasteiger partial charge in [-0.1, -0.05) is 50.8 Å². The SMILES string of the molecule is Cc1cc(C(Br)C2CCCC2)c(C)cc1Br. The molecule has 16 heavy (non-hydrogen) atoms. The second-order valence-corrected chi connectivity index (χ2v) is 6.75. The van der Waals surface area contributed by atoms with Crippen molar-refractivity contribution in [2.45, 2.75) is 44.4 Å². The molecule has 2 heteroatoms. The normalized spacial score (nSPS) is 19.0. The van der Waals surface area contributed by atoms with E-state index in [0.717, 1.165) is 5.92 Å². The molecule has 1 atom stereocenters. The molecular formula is C14H18Br2. The lowest BCUT2D eigenvalue weighted by molar-refractivity contribution is 0.540. The molecule has 0 amide bonds. The van der Waals surface area contributed by atoms with Crippen LogP contribution in [-0.2, 0) is 0 Å². The molecular weight excluding hydrogens is 328 g/mol. The van der Waals surface area contributed by atoms with Gasteiger partial charge in [0.15, 0.2) is 0 Å². The molecule has 1 unspecified atom stereocenters. The van der Waals surface area contributed by atoms with Gasteiger partial charge in [0, 0.05) is 9.30 Å². The van der Waals surface area contributed by atoms with Crippen molar-refractivity contribution in [2.24, 2.45) is 5.92 Å². The standard InChI is InChI=1S/C14H18Br2/c1-9-8-13(15)10(2)7-12(9)14(16)11-5-3-4-6-11/h7-8,11,14H,3-6H2,1-2H3. The van der Waals surface area contributed by atoms with Gasteiger partial charge in [-0.15, -0.1) is 0 Å². The van der Waals surface area contributed by atoms with Gasteiger partial charge in [0.25, 0.3) is 0 Å². The molecule has 1 aromatic carbocycles. The largest absolute Gasteiger partial charge is 0.0836 e. The Bertz CT molecular complexity index is 379. The molecule has 1 aliphatic carbocycles. The van der Waals surface area contributed by atoms with Gasteiger partial charge in [-0.25, -0.2) is 0 Å².